The van der Waals surface area contributed by atoms with Crippen LogP contribution in [-0.2, 0) is 4.79 Å². The van der Waals surface area contributed by atoms with E-state index in [1.807, 2.05) is 18.2 Å². The molecular formula is C16H21N3O2S. The van der Waals surface area contributed by atoms with Crippen molar-refractivity contribution in [2.75, 3.05) is 25.5 Å². The third-order valence-corrected chi connectivity index (χ3v) is 5.01. The van der Waals surface area contributed by atoms with Crippen LogP contribution in [0, 0.1) is 5.92 Å². The highest BCUT2D eigenvalue weighted by atomic mass is 32.1. The molecule has 1 aliphatic rings. The largest absolute Gasteiger partial charge is 0.497 e. The lowest BCUT2D eigenvalue weighted by Gasteiger charge is -2.21. The van der Waals surface area contributed by atoms with Gasteiger partial charge in [0.05, 0.1) is 17.3 Å². The predicted molar refractivity (Wildman–Crippen MR) is 89.6 cm³/mol. The molecule has 6 heteroatoms. The first-order valence-corrected chi connectivity index (χ1v) is 8.51. The maximum Gasteiger partial charge on any atom is 0.226 e. The molecule has 1 aromatic heterocycles. The molecule has 5 nitrogen and oxygen atoms in total. The molecule has 1 aromatic carbocycles. The monoisotopic (exact) mass is 319 g/mol. The van der Waals surface area contributed by atoms with Gasteiger partial charge in [-0.1, -0.05) is 11.3 Å². The Hall–Kier alpha value is -1.66. The van der Waals surface area contributed by atoms with Gasteiger partial charge in [0.15, 0.2) is 5.13 Å². The number of fused-ring (bicyclic) bond motifs is 1. The SMILES string of the molecule is COc1ccc2nc(NC(=O)CCC3CCNCC3)sc2c1. The zero-order chi connectivity index (χ0) is 15.4. The number of carbonyl (C=O) groups excluding carboxylic acids is 1. The number of methoxy groups -OCH3 is 1. The quantitative estimate of drug-likeness (QED) is 0.889. The Kier molecular flexibility index (Phi) is 4.90. The summed E-state index contributed by atoms with van der Waals surface area (Å²) in [5.74, 6) is 1.54. The molecule has 22 heavy (non-hydrogen) atoms. The number of hydrogen-bond donors (Lipinski definition) is 2. The first kappa shape index (κ1) is 15.2. The molecular weight excluding hydrogens is 298 g/mol. The molecule has 0 atom stereocenters. The van der Waals surface area contributed by atoms with Crippen molar-refractivity contribution in [3.05, 3.63) is 18.2 Å². The number of thiazole rings is 1. The molecule has 1 aliphatic heterocycles. The predicted octanol–water partition coefficient (Wildman–Crippen LogP) is 3.02. The number of ether oxygens (including phenoxy) is 1. The number of aromatic nitrogens is 1. The fraction of sp³-hybridized carbons (Fsp3) is 0.500. The molecule has 1 saturated heterocycles. The van der Waals surface area contributed by atoms with E-state index in [4.69, 9.17) is 4.74 Å². The van der Waals surface area contributed by atoms with Gasteiger partial charge in [0, 0.05) is 6.42 Å². The number of benzene rings is 1. The van der Waals surface area contributed by atoms with Crippen molar-refractivity contribution in [1.82, 2.24) is 10.3 Å². The van der Waals surface area contributed by atoms with E-state index in [-0.39, 0.29) is 5.91 Å². The van der Waals surface area contributed by atoms with Crippen LogP contribution in [0.4, 0.5) is 5.13 Å². The smallest absolute Gasteiger partial charge is 0.226 e. The third kappa shape index (κ3) is 3.75. The summed E-state index contributed by atoms with van der Waals surface area (Å²) >= 11 is 1.48. The Morgan fingerprint density at radius 1 is 1.45 bits per heavy atom. The normalized spacial score (nSPS) is 15.9. The molecule has 0 radical (unpaired) electrons. The van der Waals surface area contributed by atoms with Crippen molar-refractivity contribution in [3.63, 3.8) is 0 Å². The number of carbonyl (C=O) groups is 1. The Labute approximate surface area is 134 Å². The lowest BCUT2D eigenvalue weighted by atomic mass is 9.93. The Balaban J connectivity index is 1.56. The van der Waals surface area contributed by atoms with Crippen LogP contribution in [0.25, 0.3) is 10.2 Å². The molecule has 2 heterocycles. The van der Waals surface area contributed by atoms with Crippen molar-refractivity contribution >= 4 is 32.6 Å². The summed E-state index contributed by atoms with van der Waals surface area (Å²) in [7, 11) is 1.64. The van der Waals surface area contributed by atoms with E-state index >= 15 is 0 Å². The lowest BCUT2D eigenvalue weighted by Crippen LogP contribution is -2.28. The van der Waals surface area contributed by atoms with Gasteiger partial charge in [0.25, 0.3) is 0 Å². The topological polar surface area (TPSA) is 63.2 Å². The van der Waals surface area contributed by atoms with Crippen molar-refractivity contribution in [2.45, 2.75) is 25.7 Å². The van der Waals surface area contributed by atoms with E-state index in [0.717, 1.165) is 35.5 Å². The maximum atomic E-state index is 12.1. The van der Waals surface area contributed by atoms with Crippen LogP contribution in [0.3, 0.4) is 0 Å². The highest BCUT2D eigenvalue weighted by Gasteiger charge is 2.15. The van der Waals surface area contributed by atoms with Crippen molar-refractivity contribution < 1.29 is 9.53 Å². The molecule has 0 spiro atoms. The summed E-state index contributed by atoms with van der Waals surface area (Å²) in [5, 5.41) is 6.93. The van der Waals surface area contributed by atoms with Gasteiger partial charge in [-0.15, -0.1) is 0 Å². The molecule has 0 bridgehead atoms. The second kappa shape index (κ2) is 7.07. The molecule has 3 rings (SSSR count). The number of piperidine rings is 1. The van der Waals surface area contributed by atoms with Crippen molar-refractivity contribution in [1.29, 1.82) is 0 Å². The molecule has 0 aliphatic carbocycles. The fourth-order valence-electron chi connectivity index (χ4n) is 2.77. The average molecular weight is 319 g/mol. The second-order valence-electron chi connectivity index (χ2n) is 5.63. The Morgan fingerprint density at radius 3 is 3.05 bits per heavy atom. The summed E-state index contributed by atoms with van der Waals surface area (Å²) in [6, 6.07) is 5.73. The van der Waals surface area contributed by atoms with Crippen LogP contribution in [0.1, 0.15) is 25.7 Å². The van der Waals surface area contributed by atoms with Crippen LogP contribution in [0.15, 0.2) is 18.2 Å². The molecule has 0 saturated carbocycles. The molecule has 118 valence electrons. The second-order valence-corrected chi connectivity index (χ2v) is 6.66. The Bertz CT molecular complexity index is 650. The van der Waals surface area contributed by atoms with Crippen LogP contribution >= 0.6 is 11.3 Å². The zero-order valence-corrected chi connectivity index (χ0v) is 13.5. The van der Waals surface area contributed by atoms with E-state index in [9.17, 15) is 4.79 Å². The van der Waals surface area contributed by atoms with Gasteiger partial charge in [-0.25, -0.2) is 4.98 Å². The molecule has 1 fully saturated rings. The summed E-state index contributed by atoms with van der Waals surface area (Å²) in [6.07, 6.45) is 3.89. The highest BCUT2D eigenvalue weighted by Crippen LogP contribution is 2.29. The van der Waals surface area contributed by atoms with E-state index in [2.05, 4.69) is 15.6 Å². The standard InChI is InChI=1S/C16H21N3O2S/c1-21-12-3-4-13-14(10-12)22-16(18-13)19-15(20)5-2-11-6-8-17-9-7-11/h3-4,10-11,17H,2,5-9H2,1H3,(H,18,19,20). The number of anilines is 1. The van der Waals surface area contributed by atoms with Gasteiger partial charge >= 0.3 is 0 Å². The number of amides is 1. The molecule has 1 amide bonds. The van der Waals surface area contributed by atoms with E-state index in [1.165, 1.54) is 24.2 Å². The van der Waals surface area contributed by atoms with Gasteiger partial charge in [-0.2, -0.15) is 0 Å². The van der Waals surface area contributed by atoms with E-state index < -0.39 is 0 Å². The van der Waals surface area contributed by atoms with Gasteiger partial charge in [-0.3, -0.25) is 4.79 Å². The summed E-state index contributed by atoms with van der Waals surface area (Å²) in [6.45, 7) is 2.15. The maximum absolute atomic E-state index is 12.1. The number of hydrogen-bond acceptors (Lipinski definition) is 5. The van der Waals surface area contributed by atoms with Crippen molar-refractivity contribution in [2.24, 2.45) is 5.92 Å². The lowest BCUT2D eigenvalue weighted by molar-refractivity contribution is -0.116. The molecule has 2 N–H and O–H groups in total. The minimum atomic E-state index is 0.0598. The minimum absolute atomic E-state index is 0.0598. The summed E-state index contributed by atoms with van der Waals surface area (Å²) < 4.78 is 6.23. The van der Waals surface area contributed by atoms with Gasteiger partial charge in [0.1, 0.15) is 5.75 Å². The summed E-state index contributed by atoms with van der Waals surface area (Å²) in [5.41, 5.74) is 0.888. The van der Waals surface area contributed by atoms with Gasteiger partial charge in [-0.05, 0) is 56.5 Å². The van der Waals surface area contributed by atoms with Crippen molar-refractivity contribution in [3.8, 4) is 5.75 Å². The van der Waals surface area contributed by atoms with Crippen LogP contribution in [-0.4, -0.2) is 31.1 Å². The zero-order valence-electron chi connectivity index (χ0n) is 12.7. The van der Waals surface area contributed by atoms with E-state index in [1.54, 1.807) is 7.11 Å². The van der Waals surface area contributed by atoms with Gasteiger partial charge < -0.3 is 15.4 Å². The van der Waals surface area contributed by atoms with Gasteiger partial charge in [0.2, 0.25) is 5.91 Å². The summed E-state index contributed by atoms with van der Waals surface area (Å²) in [4.78, 5) is 16.5. The van der Waals surface area contributed by atoms with Crippen LogP contribution in [0.5, 0.6) is 5.75 Å². The first-order chi connectivity index (χ1) is 10.7. The third-order valence-electron chi connectivity index (χ3n) is 4.08. The number of nitrogens with zero attached hydrogens (tertiary/aromatic N) is 1. The van der Waals surface area contributed by atoms with E-state index in [0.29, 0.717) is 17.5 Å². The average Bonchev–Trinajstić information content (AvgIpc) is 2.95. The highest BCUT2D eigenvalue weighted by molar-refractivity contribution is 7.22. The first-order valence-electron chi connectivity index (χ1n) is 7.70. The number of nitrogens with one attached hydrogen (secondary N) is 2. The van der Waals surface area contributed by atoms with Crippen LogP contribution in [0.2, 0.25) is 0 Å². The number of rotatable bonds is 5. The minimum Gasteiger partial charge on any atom is -0.497 e. The fourth-order valence-corrected chi connectivity index (χ4v) is 3.68. The van der Waals surface area contributed by atoms with Crippen LogP contribution < -0.4 is 15.4 Å². The molecule has 0 unspecified atom stereocenters. The Morgan fingerprint density at radius 2 is 2.27 bits per heavy atom. The molecule has 2 aromatic rings.